The number of carbonyl (C=O) groups is 1. The van der Waals surface area contributed by atoms with E-state index in [1.807, 2.05) is 42.5 Å². The van der Waals surface area contributed by atoms with Gasteiger partial charge < -0.3 is 14.6 Å². The monoisotopic (exact) mass is 394 g/mol. The SMILES string of the molecule is C=CCc1ccc(O)c(-c2cc(CC=C)ccc2OCCCCC(=O)OCC)c1. The number of phenols is 1. The zero-order valence-corrected chi connectivity index (χ0v) is 17.2. The van der Waals surface area contributed by atoms with Crippen LogP contribution in [0.2, 0.25) is 0 Å². The lowest BCUT2D eigenvalue weighted by atomic mass is 9.97. The normalized spacial score (nSPS) is 10.4. The zero-order valence-electron chi connectivity index (χ0n) is 17.2. The molecule has 0 unspecified atom stereocenters. The van der Waals surface area contributed by atoms with Crippen molar-refractivity contribution in [2.24, 2.45) is 0 Å². The Bertz CT molecular complexity index is 839. The molecule has 154 valence electrons. The summed E-state index contributed by atoms with van der Waals surface area (Å²) in [5.74, 6) is 0.742. The van der Waals surface area contributed by atoms with Crippen LogP contribution in [0.15, 0.2) is 61.7 Å². The number of phenolic OH excluding ortho intramolecular Hbond substituents is 1. The Morgan fingerprint density at radius 1 is 1.00 bits per heavy atom. The number of rotatable bonds is 12. The molecule has 0 aliphatic carbocycles. The number of ether oxygens (including phenoxy) is 2. The lowest BCUT2D eigenvalue weighted by molar-refractivity contribution is -0.143. The second-order valence-corrected chi connectivity index (χ2v) is 6.78. The fraction of sp³-hybridized carbons (Fsp3) is 0.320. The summed E-state index contributed by atoms with van der Waals surface area (Å²) >= 11 is 0. The van der Waals surface area contributed by atoms with Crippen LogP contribution in [0.3, 0.4) is 0 Å². The molecular formula is C25H30O4. The van der Waals surface area contributed by atoms with Gasteiger partial charge in [-0.15, -0.1) is 13.2 Å². The highest BCUT2D eigenvalue weighted by atomic mass is 16.5. The predicted octanol–water partition coefficient (Wildman–Crippen LogP) is 5.63. The van der Waals surface area contributed by atoms with Crippen molar-refractivity contribution in [2.75, 3.05) is 13.2 Å². The fourth-order valence-electron chi connectivity index (χ4n) is 3.09. The minimum Gasteiger partial charge on any atom is -0.507 e. The highest BCUT2D eigenvalue weighted by Crippen LogP contribution is 2.37. The minimum absolute atomic E-state index is 0.175. The van der Waals surface area contributed by atoms with Crippen LogP contribution in [0, 0.1) is 0 Å². The molecule has 0 saturated heterocycles. The molecule has 0 heterocycles. The Morgan fingerprint density at radius 2 is 1.66 bits per heavy atom. The van der Waals surface area contributed by atoms with Gasteiger partial charge in [-0.05, 0) is 68.0 Å². The first-order valence-corrected chi connectivity index (χ1v) is 10.0. The third kappa shape index (κ3) is 6.83. The number of unbranched alkanes of at least 4 members (excludes halogenated alkanes) is 1. The topological polar surface area (TPSA) is 55.8 Å². The van der Waals surface area contributed by atoms with Crippen LogP contribution in [0.5, 0.6) is 11.5 Å². The molecule has 2 aromatic carbocycles. The second kappa shape index (κ2) is 11.7. The number of benzene rings is 2. The van der Waals surface area contributed by atoms with Crippen LogP contribution in [0.1, 0.15) is 37.3 Å². The van der Waals surface area contributed by atoms with E-state index in [2.05, 4.69) is 13.2 Å². The summed E-state index contributed by atoms with van der Waals surface area (Å²) in [6.45, 7) is 10.3. The summed E-state index contributed by atoms with van der Waals surface area (Å²) in [5.41, 5.74) is 3.75. The van der Waals surface area contributed by atoms with Crippen molar-refractivity contribution in [3.63, 3.8) is 0 Å². The van der Waals surface area contributed by atoms with Crippen LogP contribution in [-0.4, -0.2) is 24.3 Å². The summed E-state index contributed by atoms with van der Waals surface area (Å²) in [6, 6.07) is 11.5. The highest BCUT2D eigenvalue weighted by molar-refractivity contribution is 5.77. The van der Waals surface area contributed by atoms with Gasteiger partial charge in [0.25, 0.3) is 0 Å². The molecule has 0 atom stereocenters. The predicted molar refractivity (Wildman–Crippen MR) is 117 cm³/mol. The zero-order chi connectivity index (χ0) is 21.1. The average Bonchev–Trinajstić information content (AvgIpc) is 2.70. The maximum atomic E-state index is 11.4. The van der Waals surface area contributed by atoms with Crippen molar-refractivity contribution in [1.82, 2.24) is 0 Å². The van der Waals surface area contributed by atoms with Crippen LogP contribution >= 0.6 is 0 Å². The molecule has 1 N–H and O–H groups in total. The molecule has 2 aromatic rings. The van der Waals surface area contributed by atoms with Gasteiger partial charge >= 0.3 is 5.97 Å². The van der Waals surface area contributed by atoms with Crippen molar-refractivity contribution < 1.29 is 19.4 Å². The minimum atomic E-state index is -0.175. The first-order valence-electron chi connectivity index (χ1n) is 10.0. The Labute approximate surface area is 173 Å². The molecule has 2 rings (SSSR count). The van der Waals surface area contributed by atoms with Gasteiger partial charge in [-0.25, -0.2) is 0 Å². The Kier molecular flexibility index (Phi) is 9.03. The quantitative estimate of drug-likeness (QED) is 0.288. The van der Waals surface area contributed by atoms with Crippen LogP contribution in [0.4, 0.5) is 0 Å². The number of esters is 1. The maximum absolute atomic E-state index is 11.4. The Hall–Kier alpha value is -3.01. The van der Waals surface area contributed by atoms with E-state index in [1.54, 1.807) is 13.0 Å². The van der Waals surface area contributed by atoms with E-state index in [-0.39, 0.29) is 11.7 Å². The fourth-order valence-corrected chi connectivity index (χ4v) is 3.09. The highest BCUT2D eigenvalue weighted by Gasteiger charge is 2.13. The maximum Gasteiger partial charge on any atom is 0.305 e. The molecule has 0 aliphatic heterocycles. The van der Waals surface area contributed by atoms with Crippen molar-refractivity contribution >= 4 is 5.97 Å². The molecule has 0 bridgehead atoms. The molecule has 0 fully saturated rings. The molecule has 0 aromatic heterocycles. The van der Waals surface area contributed by atoms with Crippen LogP contribution < -0.4 is 4.74 Å². The van der Waals surface area contributed by atoms with Crippen molar-refractivity contribution in [3.05, 3.63) is 72.8 Å². The molecule has 4 heteroatoms. The summed E-state index contributed by atoms with van der Waals surface area (Å²) in [6.07, 6.45) is 7.00. The molecule has 0 spiro atoms. The molecule has 29 heavy (non-hydrogen) atoms. The van der Waals surface area contributed by atoms with Gasteiger partial charge in [0.1, 0.15) is 11.5 Å². The number of hydrogen-bond acceptors (Lipinski definition) is 4. The lowest BCUT2D eigenvalue weighted by Crippen LogP contribution is -2.05. The van der Waals surface area contributed by atoms with Gasteiger partial charge in [0, 0.05) is 17.5 Å². The van der Waals surface area contributed by atoms with E-state index in [0.717, 1.165) is 41.5 Å². The largest absolute Gasteiger partial charge is 0.507 e. The summed E-state index contributed by atoms with van der Waals surface area (Å²) in [7, 11) is 0. The Balaban J connectivity index is 2.18. The third-order valence-electron chi connectivity index (χ3n) is 4.49. The summed E-state index contributed by atoms with van der Waals surface area (Å²) < 4.78 is 11.0. The third-order valence-corrected chi connectivity index (χ3v) is 4.49. The van der Waals surface area contributed by atoms with Gasteiger partial charge in [0.15, 0.2) is 0 Å². The standard InChI is InChI=1S/C25H30O4/c1-4-9-19-12-14-23(26)21(17-19)22-18-20(10-5-2)13-15-24(22)29-16-8-7-11-25(27)28-6-3/h4-5,12-15,17-18,26H,1-2,6-11,16H2,3H3. The van der Waals surface area contributed by atoms with E-state index in [4.69, 9.17) is 9.47 Å². The van der Waals surface area contributed by atoms with Gasteiger partial charge in [-0.2, -0.15) is 0 Å². The van der Waals surface area contributed by atoms with Crippen molar-refractivity contribution in [3.8, 4) is 22.6 Å². The molecule has 0 aliphatic rings. The first kappa shape index (κ1) is 22.3. The van der Waals surface area contributed by atoms with Crippen LogP contribution in [-0.2, 0) is 22.4 Å². The first-order chi connectivity index (χ1) is 14.1. The van der Waals surface area contributed by atoms with Crippen molar-refractivity contribution in [1.29, 1.82) is 0 Å². The number of aromatic hydroxyl groups is 1. The van der Waals surface area contributed by atoms with Gasteiger partial charge in [-0.1, -0.05) is 24.3 Å². The van der Waals surface area contributed by atoms with Crippen LogP contribution in [0.25, 0.3) is 11.1 Å². The molecular weight excluding hydrogens is 364 g/mol. The van der Waals surface area contributed by atoms with Gasteiger partial charge in [-0.3, -0.25) is 4.79 Å². The summed E-state index contributed by atoms with van der Waals surface area (Å²) in [4.78, 5) is 11.4. The van der Waals surface area contributed by atoms with E-state index in [1.165, 1.54) is 0 Å². The van der Waals surface area contributed by atoms with Gasteiger partial charge in [0.2, 0.25) is 0 Å². The van der Waals surface area contributed by atoms with E-state index in [9.17, 15) is 9.90 Å². The molecule has 0 amide bonds. The molecule has 4 nitrogen and oxygen atoms in total. The van der Waals surface area contributed by atoms with E-state index >= 15 is 0 Å². The smallest absolute Gasteiger partial charge is 0.305 e. The van der Waals surface area contributed by atoms with Crippen molar-refractivity contribution in [2.45, 2.75) is 39.0 Å². The second-order valence-electron chi connectivity index (χ2n) is 6.78. The molecule has 0 radical (unpaired) electrons. The van der Waals surface area contributed by atoms with Gasteiger partial charge in [0.05, 0.1) is 13.2 Å². The van der Waals surface area contributed by atoms with E-state index in [0.29, 0.717) is 31.8 Å². The molecule has 0 saturated carbocycles. The average molecular weight is 395 g/mol. The van der Waals surface area contributed by atoms with E-state index < -0.39 is 0 Å². The number of carbonyl (C=O) groups excluding carboxylic acids is 1. The summed E-state index contributed by atoms with van der Waals surface area (Å²) in [5, 5.41) is 10.5. The number of hydrogen-bond donors (Lipinski definition) is 1. The lowest BCUT2D eigenvalue weighted by Gasteiger charge is -2.15. The Morgan fingerprint density at radius 3 is 2.31 bits per heavy atom. The number of allylic oxidation sites excluding steroid dienone is 2.